The number of hydrogen-bond donors (Lipinski definition) is 2. The molecule has 0 atom stereocenters. The van der Waals surface area contributed by atoms with Crippen LogP contribution in [-0.4, -0.2) is 17.3 Å². The smallest absolute Gasteiger partial charge is 0.0819 e. The van der Waals surface area contributed by atoms with Crippen molar-refractivity contribution in [2.75, 3.05) is 11.9 Å². The van der Waals surface area contributed by atoms with E-state index in [1.54, 1.807) is 11.3 Å². The van der Waals surface area contributed by atoms with Crippen molar-refractivity contribution in [1.29, 1.82) is 0 Å². The molecule has 2 aromatic rings. The molecule has 0 amide bonds. The highest BCUT2D eigenvalue weighted by molar-refractivity contribution is 7.17. The molecule has 1 aliphatic rings. The largest absolute Gasteiger partial charge is 0.388 e. The van der Waals surface area contributed by atoms with Gasteiger partial charge in [-0.3, -0.25) is 0 Å². The topological polar surface area (TPSA) is 32.3 Å². The van der Waals surface area contributed by atoms with Gasteiger partial charge in [0, 0.05) is 16.9 Å². The second-order valence-corrected chi connectivity index (χ2v) is 6.61. The monoisotopic (exact) mass is 275 g/mol. The first-order chi connectivity index (χ1) is 9.25. The minimum absolute atomic E-state index is 0.514. The van der Waals surface area contributed by atoms with Crippen LogP contribution in [0.15, 0.2) is 29.6 Å². The number of anilines is 1. The molecule has 1 heterocycles. The van der Waals surface area contributed by atoms with Crippen molar-refractivity contribution >= 4 is 27.1 Å². The van der Waals surface area contributed by atoms with Gasteiger partial charge < -0.3 is 10.4 Å². The summed E-state index contributed by atoms with van der Waals surface area (Å²) in [5, 5.41) is 17.4. The lowest BCUT2D eigenvalue weighted by Gasteiger charge is -2.27. The molecule has 1 aromatic heterocycles. The van der Waals surface area contributed by atoms with E-state index in [9.17, 15) is 5.11 Å². The number of hydrogen-bond acceptors (Lipinski definition) is 3. The summed E-state index contributed by atoms with van der Waals surface area (Å²) in [4.78, 5) is 0. The molecule has 0 saturated heterocycles. The van der Waals surface area contributed by atoms with Gasteiger partial charge >= 0.3 is 0 Å². The highest BCUT2D eigenvalue weighted by Crippen LogP contribution is 2.28. The maximum absolute atomic E-state index is 10.6. The van der Waals surface area contributed by atoms with Gasteiger partial charge in [0.15, 0.2) is 0 Å². The number of rotatable bonds is 3. The van der Waals surface area contributed by atoms with Gasteiger partial charge in [-0.2, -0.15) is 0 Å². The van der Waals surface area contributed by atoms with E-state index in [2.05, 4.69) is 35.0 Å². The van der Waals surface area contributed by atoms with Crippen molar-refractivity contribution in [1.82, 2.24) is 0 Å². The maximum Gasteiger partial charge on any atom is 0.0819 e. The molecule has 0 spiro atoms. The Hall–Kier alpha value is -1.06. The summed E-state index contributed by atoms with van der Waals surface area (Å²) >= 11 is 1.77. The molecule has 3 heteroatoms. The Morgan fingerprint density at radius 3 is 2.68 bits per heavy atom. The molecule has 1 saturated carbocycles. The second kappa shape index (κ2) is 5.51. The average molecular weight is 275 g/mol. The molecule has 3 rings (SSSR count). The Labute approximate surface area is 118 Å². The zero-order valence-corrected chi connectivity index (χ0v) is 12.0. The van der Waals surface area contributed by atoms with Crippen molar-refractivity contribution < 1.29 is 5.11 Å². The molecule has 1 fully saturated rings. The van der Waals surface area contributed by atoms with Gasteiger partial charge in [-0.25, -0.2) is 0 Å². The van der Waals surface area contributed by atoms with Gasteiger partial charge in [-0.15, -0.1) is 11.3 Å². The fraction of sp³-hybridized carbons (Fsp3) is 0.500. The van der Waals surface area contributed by atoms with E-state index in [0.717, 1.165) is 31.4 Å². The van der Waals surface area contributed by atoms with E-state index in [1.807, 2.05) is 0 Å². The molecule has 19 heavy (non-hydrogen) atoms. The van der Waals surface area contributed by atoms with Crippen LogP contribution in [0.4, 0.5) is 5.69 Å². The lowest BCUT2D eigenvalue weighted by molar-refractivity contribution is 0.0381. The predicted molar refractivity (Wildman–Crippen MR) is 83.0 cm³/mol. The zero-order chi connectivity index (χ0) is 13.1. The number of benzene rings is 1. The minimum Gasteiger partial charge on any atom is -0.388 e. The molecule has 102 valence electrons. The number of thiophene rings is 1. The first-order valence-electron chi connectivity index (χ1n) is 7.19. The Balaban J connectivity index is 1.67. The van der Waals surface area contributed by atoms with Crippen molar-refractivity contribution in [3.8, 4) is 0 Å². The van der Waals surface area contributed by atoms with Gasteiger partial charge in [0.2, 0.25) is 0 Å². The summed E-state index contributed by atoms with van der Waals surface area (Å²) in [7, 11) is 0. The van der Waals surface area contributed by atoms with Crippen molar-refractivity contribution in [3.05, 3.63) is 29.6 Å². The van der Waals surface area contributed by atoms with E-state index >= 15 is 0 Å². The van der Waals surface area contributed by atoms with Crippen LogP contribution in [0.25, 0.3) is 10.1 Å². The first kappa shape index (κ1) is 12.9. The van der Waals surface area contributed by atoms with Crippen molar-refractivity contribution in [3.63, 3.8) is 0 Å². The van der Waals surface area contributed by atoms with Gasteiger partial charge in [0.05, 0.1) is 5.60 Å². The van der Waals surface area contributed by atoms with E-state index in [1.165, 1.54) is 22.9 Å². The molecular weight excluding hydrogens is 254 g/mol. The molecule has 2 nitrogen and oxygen atoms in total. The Kier molecular flexibility index (Phi) is 3.76. The van der Waals surface area contributed by atoms with Crippen LogP contribution in [0.1, 0.15) is 38.5 Å². The Bertz CT molecular complexity index is 540. The summed E-state index contributed by atoms with van der Waals surface area (Å²) in [6.45, 7) is 0.669. The molecule has 1 aromatic carbocycles. The number of aliphatic hydroxyl groups is 1. The fourth-order valence-corrected chi connectivity index (χ4v) is 3.68. The molecule has 0 bridgehead atoms. The summed E-state index contributed by atoms with van der Waals surface area (Å²) in [6, 6.07) is 8.58. The normalized spacial score (nSPS) is 19.2. The minimum atomic E-state index is -0.514. The quantitative estimate of drug-likeness (QED) is 0.814. The van der Waals surface area contributed by atoms with E-state index in [4.69, 9.17) is 0 Å². The van der Waals surface area contributed by atoms with Crippen LogP contribution in [0, 0.1) is 0 Å². The molecule has 0 unspecified atom stereocenters. The third-order valence-electron chi connectivity index (χ3n) is 4.11. The SMILES string of the molecule is OC1(CNc2ccc3sccc3c2)CCCCCC1. The fourth-order valence-electron chi connectivity index (χ4n) is 2.91. The lowest BCUT2D eigenvalue weighted by Crippen LogP contribution is -2.36. The van der Waals surface area contributed by atoms with Crippen LogP contribution in [-0.2, 0) is 0 Å². The molecule has 0 aliphatic heterocycles. The van der Waals surface area contributed by atoms with Crippen LogP contribution in [0.5, 0.6) is 0 Å². The predicted octanol–water partition coefficient (Wildman–Crippen LogP) is 4.40. The third-order valence-corrected chi connectivity index (χ3v) is 5.01. The highest BCUT2D eigenvalue weighted by atomic mass is 32.1. The summed E-state index contributed by atoms with van der Waals surface area (Å²) < 4.78 is 1.32. The lowest BCUT2D eigenvalue weighted by atomic mass is 9.94. The van der Waals surface area contributed by atoms with Gasteiger partial charge in [-0.1, -0.05) is 25.7 Å². The maximum atomic E-state index is 10.6. The third kappa shape index (κ3) is 3.10. The Morgan fingerprint density at radius 2 is 1.89 bits per heavy atom. The molecule has 1 aliphatic carbocycles. The summed E-state index contributed by atoms with van der Waals surface area (Å²) in [5.41, 5.74) is 0.601. The Morgan fingerprint density at radius 1 is 1.11 bits per heavy atom. The van der Waals surface area contributed by atoms with Crippen LogP contribution >= 0.6 is 11.3 Å². The first-order valence-corrected chi connectivity index (χ1v) is 8.07. The van der Waals surface area contributed by atoms with Crippen molar-refractivity contribution in [2.45, 2.75) is 44.1 Å². The van der Waals surface area contributed by atoms with E-state index in [0.29, 0.717) is 6.54 Å². The summed E-state index contributed by atoms with van der Waals surface area (Å²) in [5.74, 6) is 0. The van der Waals surface area contributed by atoms with Crippen molar-refractivity contribution in [2.24, 2.45) is 0 Å². The molecular formula is C16H21NOS. The summed E-state index contributed by atoms with van der Waals surface area (Å²) in [6.07, 6.45) is 6.71. The van der Waals surface area contributed by atoms with Crippen LogP contribution < -0.4 is 5.32 Å². The van der Waals surface area contributed by atoms with Crippen LogP contribution in [0.3, 0.4) is 0 Å². The van der Waals surface area contributed by atoms with Gasteiger partial charge in [0.25, 0.3) is 0 Å². The molecule has 2 N–H and O–H groups in total. The van der Waals surface area contributed by atoms with Gasteiger partial charge in [-0.05, 0) is 47.9 Å². The van der Waals surface area contributed by atoms with Crippen LogP contribution in [0.2, 0.25) is 0 Å². The number of nitrogens with one attached hydrogen (secondary N) is 1. The van der Waals surface area contributed by atoms with Gasteiger partial charge in [0.1, 0.15) is 0 Å². The molecule has 0 radical (unpaired) electrons. The van der Waals surface area contributed by atoms with E-state index < -0.39 is 5.60 Å². The number of fused-ring (bicyclic) bond motifs is 1. The standard InChI is InChI=1S/C16H21NOS/c18-16(8-3-1-2-4-9-16)12-17-14-5-6-15-13(11-14)7-10-19-15/h5-7,10-11,17-18H,1-4,8-9,12H2. The zero-order valence-electron chi connectivity index (χ0n) is 11.2. The van der Waals surface area contributed by atoms with E-state index in [-0.39, 0.29) is 0 Å². The average Bonchev–Trinajstić information content (AvgIpc) is 2.78. The second-order valence-electron chi connectivity index (χ2n) is 5.67. The highest BCUT2D eigenvalue weighted by Gasteiger charge is 2.27.